The zero-order valence-corrected chi connectivity index (χ0v) is 9.47. The lowest BCUT2D eigenvalue weighted by Crippen LogP contribution is -2.11. The molecule has 2 aromatic rings. The first-order valence-corrected chi connectivity index (χ1v) is 5.95. The molecule has 16 heavy (non-hydrogen) atoms. The number of amides is 1. The summed E-state index contributed by atoms with van der Waals surface area (Å²) in [5.41, 5.74) is 1.86. The van der Waals surface area contributed by atoms with Crippen molar-refractivity contribution in [3.05, 3.63) is 32.9 Å². The number of anilines is 1. The van der Waals surface area contributed by atoms with Crippen molar-refractivity contribution in [1.82, 2.24) is 4.98 Å². The summed E-state index contributed by atoms with van der Waals surface area (Å²) < 4.78 is 0. The number of aromatic nitrogens is 1. The molecular formula is C9H6N2O3S2. The zero-order chi connectivity index (χ0) is 11.5. The van der Waals surface area contributed by atoms with Gasteiger partial charge in [-0.25, -0.2) is 4.79 Å². The summed E-state index contributed by atoms with van der Waals surface area (Å²) in [5.74, 6) is -1.39. The lowest BCUT2D eigenvalue weighted by molar-refractivity contribution is 0.0703. The average molecular weight is 254 g/mol. The summed E-state index contributed by atoms with van der Waals surface area (Å²) >= 11 is 2.27. The minimum absolute atomic E-state index is 0.123. The molecule has 0 atom stereocenters. The summed E-state index contributed by atoms with van der Waals surface area (Å²) in [7, 11) is 0. The number of carbonyl (C=O) groups is 2. The smallest absolute Gasteiger partial charge is 0.348 e. The lowest BCUT2D eigenvalue weighted by Gasteiger charge is -2.01. The Labute approximate surface area is 98.4 Å². The van der Waals surface area contributed by atoms with Crippen LogP contribution in [0.2, 0.25) is 0 Å². The van der Waals surface area contributed by atoms with Crippen LogP contribution in [0.4, 0.5) is 5.69 Å². The molecule has 0 aliphatic carbocycles. The van der Waals surface area contributed by atoms with Gasteiger partial charge in [0.15, 0.2) is 0 Å². The van der Waals surface area contributed by atoms with Crippen LogP contribution in [-0.2, 0) is 0 Å². The highest BCUT2D eigenvalue weighted by Crippen LogP contribution is 2.23. The fraction of sp³-hybridized carbons (Fsp3) is 0. The molecule has 0 aliphatic rings. The van der Waals surface area contributed by atoms with E-state index in [0.717, 1.165) is 11.3 Å². The first-order chi connectivity index (χ1) is 7.68. The van der Waals surface area contributed by atoms with Gasteiger partial charge in [-0.2, -0.15) is 0 Å². The molecule has 0 fully saturated rings. The fourth-order valence-electron chi connectivity index (χ4n) is 1.09. The summed E-state index contributed by atoms with van der Waals surface area (Å²) in [4.78, 5) is 26.8. The number of aromatic carboxylic acids is 1. The lowest BCUT2D eigenvalue weighted by atomic mass is 10.3. The number of thiophene rings is 1. The third-order valence-corrected chi connectivity index (χ3v) is 3.44. The Hall–Kier alpha value is -1.73. The van der Waals surface area contributed by atoms with Gasteiger partial charge < -0.3 is 10.4 Å². The molecule has 5 nitrogen and oxygen atoms in total. The first-order valence-electron chi connectivity index (χ1n) is 4.19. The van der Waals surface area contributed by atoms with Gasteiger partial charge in [-0.15, -0.1) is 22.7 Å². The molecule has 2 N–H and O–H groups in total. The molecule has 0 saturated heterocycles. The van der Waals surface area contributed by atoms with E-state index in [9.17, 15) is 9.59 Å². The Morgan fingerprint density at radius 3 is 2.81 bits per heavy atom. The van der Waals surface area contributed by atoms with Gasteiger partial charge in [-0.1, -0.05) is 0 Å². The number of nitrogens with zero attached hydrogens (tertiary/aromatic N) is 1. The van der Waals surface area contributed by atoms with Crippen LogP contribution in [0.5, 0.6) is 0 Å². The van der Waals surface area contributed by atoms with Crippen molar-refractivity contribution >= 4 is 40.2 Å². The molecule has 82 valence electrons. The van der Waals surface area contributed by atoms with E-state index in [1.54, 1.807) is 17.0 Å². The number of hydrogen-bond acceptors (Lipinski definition) is 5. The SMILES string of the molecule is O=C(Nc1ccsc1C(=O)O)c1cncs1. The van der Waals surface area contributed by atoms with Crippen LogP contribution in [0.3, 0.4) is 0 Å². The van der Waals surface area contributed by atoms with Gasteiger partial charge >= 0.3 is 5.97 Å². The van der Waals surface area contributed by atoms with E-state index in [1.807, 2.05) is 0 Å². The Morgan fingerprint density at radius 1 is 1.38 bits per heavy atom. The molecule has 7 heteroatoms. The van der Waals surface area contributed by atoms with Crippen molar-refractivity contribution in [2.75, 3.05) is 5.32 Å². The normalized spacial score (nSPS) is 10.0. The Bertz CT molecular complexity index is 519. The summed E-state index contributed by atoms with van der Waals surface area (Å²) in [6.07, 6.45) is 1.44. The minimum atomic E-state index is -1.05. The van der Waals surface area contributed by atoms with Gasteiger partial charge in [-0.3, -0.25) is 9.78 Å². The molecule has 0 unspecified atom stereocenters. The predicted molar refractivity (Wildman–Crippen MR) is 61.3 cm³/mol. The molecule has 1 amide bonds. The van der Waals surface area contributed by atoms with Crippen LogP contribution in [0.15, 0.2) is 23.2 Å². The van der Waals surface area contributed by atoms with E-state index in [4.69, 9.17) is 5.11 Å². The van der Waals surface area contributed by atoms with Crippen LogP contribution in [-0.4, -0.2) is 22.0 Å². The third-order valence-electron chi connectivity index (χ3n) is 1.76. The van der Waals surface area contributed by atoms with Crippen molar-refractivity contribution in [2.24, 2.45) is 0 Å². The highest BCUT2D eigenvalue weighted by atomic mass is 32.1. The van der Waals surface area contributed by atoms with Crippen molar-refractivity contribution in [3.8, 4) is 0 Å². The van der Waals surface area contributed by atoms with E-state index in [2.05, 4.69) is 10.3 Å². The van der Waals surface area contributed by atoms with Gasteiger partial charge in [0.25, 0.3) is 5.91 Å². The second-order valence-electron chi connectivity index (χ2n) is 2.79. The van der Waals surface area contributed by atoms with Crippen LogP contribution in [0.1, 0.15) is 19.3 Å². The topological polar surface area (TPSA) is 79.3 Å². The molecule has 0 aromatic carbocycles. The minimum Gasteiger partial charge on any atom is -0.477 e. The van der Waals surface area contributed by atoms with Crippen LogP contribution in [0.25, 0.3) is 0 Å². The Morgan fingerprint density at radius 2 is 2.19 bits per heavy atom. The second kappa shape index (κ2) is 4.42. The van der Waals surface area contributed by atoms with Crippen molar-refractivity contribution in [3.63, 3.8) is 0 Å². The number of thiazole rings is 1. The summed E-state index contributed by atoms with van der Waals surface area (Å²) in [5, 5.41) is 13.0. The van der Waals surface area contributed by atoms with E-state index in [0.29, 0.717) is 10.6 Å². The first kappa shape index (κ1) is 10.8. The fourth-order valence-corrected chi connectivity index (χ4v) is 2.29. The Balaban J connectivity index is 2.18. The maximum absolute atomic E-state index is 11.6. The maximum Gasteiger partial charge on any atom is 0.348 e. The van der Waals surface area contributed by atoms with Crippen LogP contribution in [0, 0.1) is 0 Å². The monoisotopic (exact) mass is 254 g/mol. The third kappa shape index (κ3) is 2.10. The molecule has 0 saturated carbocycles. The second-order valence-corrected chi connectivity index (χ2v) is 4.59. The highest BCUT2D eigenvalue weighted by Gasteiger charge is 2.15. The average Bonchev–Trinajstić information content (AvgIpc) is 2.86. The molecule has 2 rings (SSSR count). The van der Waals surface area contributed by atoms with Crippen molar-refractivity contribution in [2.45, 2.75) is 0 Å². The number of nitrogens with one attached hydrogen (secondary N) is 1. The highest BCUT2D eigenvalue weighted by molar-refractivity contribution is 7.13. The molecule has 2 heterocycles. The van der Waals surface area contributed by atoms with Gasteiger partial charge in [0.05, 0.1) is 17.4 Å². The zero-order valence-electron chi connectivity index (χ0n) is 7.84. The number of hydrogen-bond donors (Lipinski definition) is 2. The van der Waals surface area contributed by atoms with Crippen LogP contribution < -0.4 is 5.32 Å². The predicted octanol–water partition coefficient (Wildman–Crippen LogP) is 2.16. The van der Waals surface area contributed by atoms with E-state index >= 15 is 0 Å². The Kier molecular flexibility index (Phi) is 2.97. The molecule has 0 spiro atoms. The molecular weight excluding hydrogens is 248 g/mol. The van der Waals surface area contributed by atoms with E-state index < -0.39 is 5.97 Å². The largest absolute Gasteiger partial charge is 0.477 e. The number of rotatable bonds is 3. The van der Waals surface area contributed by atoms with Crippen LogP contribution >= 0.6 is 22.7 Å². The van der Waals surface area contributed by atoms with Gasteiger partial charge in [0, 0.05) is 0 Å². The quantitative estimate of drug-likeness (QED) is 0.879. The molecule has 2 aromatic heterocycles. The van der Waals surface area contributed by atoms with Crippen molar-refractivity contribution in [1.29, 1.82) is 0 Å². The molecule has 0 aliphatic heterocycles. The molecule has 0 bridgehead atoms. The maximum atomic E-state index is 11.6. The van der Waals surface area contributed by atoms with Crippen molar-refractivity contribution < 1.29 is 14.7 Å². The summed E-state index contributed by atoms with van der Waals surface area (Å²) in [6.45, 7) is 0. The summed E-state index contributed by atoms with van der Waals surface area (Å²) in [6, 6.07) is 1.56. The number of carbonyl (C=O) groups excluding carboxylic acids is 1. The van der Waals surface area contributed by atoms with Gasteiger partial charge in [0.2, 0.25) is 0 Å². The van der Waals surface area contributed by atoms with E-state index in [1.165, 1.54) is 17.5 Å². The van der Waals surface area contributed by atoms with E-state index in [-0.39, 0.29) is 10.8 Å². The number of carboxylic acids is 1. The van der Waals surface area contributed by atoms with Gasteiger partial charge in [-0.05, 0) is 11.4 Å². The number of carboxylic acid groups (broad SMARTS) is 1. The van der Waals surface area contributed by atoms with Gasteiger partial charge in [0.1, 0.15) is 9.75 Å². The molecule has 0 radical (unpaired) electrons. The standard InChI is InChI=1S/C9H6N2O3S2/c12-8(6-3-10-4-16-6)11-5-1-2-15-7(5)9(13)14/h1-4H,(H,11,12)(H,13,14).